The summed E-state index contributed by atoms with van der Waals surface area (Å²) >= 11 is 0. The van der Waals surface area contributed by atoms with Crippen LogP contribution in [0.15, 0.2) is 0 Å². The van der Waals surface area contributed by atoms with E-state index >= 15 is 0 Å². The van der Waals surface area contributed by atoms with Crippen LogP contribution in [0.2, 0.25) is 0 Å². The van der Waals surface area contributed by atoms with Crippen molar-refractivity contribution in [1.29, 1.82) is 0 Å². The van der Waals surface area contributed by atoms with Crippen molar-refractivity contribution in [1.82, 2.24) is 9.80 Å². The van der Waals surface area contributed by atoms with Gasteiger partial charge in [-0.3, -0.25) is 9.69 Å². The monoisotopic (exact) mass is 364 g/mol. The SMILES string of the molecule is CC12CC3CC(C)(C1)CC(C(=O)N1CCN(CCOCCO)CC1)(C3)C2. The third kappa shape index (κ3) is 3.43. The molecular formula is C21H36N2O3. The maximum Gasteiger partial charge on any atom is 0.228 e. The molecule has 4 saturated carbocycles. The number of nitrogens with zero attached hydrogens (tertiary/aromatic N) is 2. The smallest absolute Gasteiger partial charge is 0.228 e. The number of carbonyl (C=O) groups excluding carboxylic acids is 1. The normalized spacial score (nSPS) is 42.4. The van der Waals surface area contributed by atoms with E-state index in [1.54, 1.807) is 0 Å². The summed E-state index contributed by atoms with van der Waals surface area (Å²) in [4.78, 5) is 18.1. The van der Waals surface area contributed by atoms with E-state index in [-0.39, 0.29) is 12.0 Å². The van der Waals surface area contributed by atoms with Crippen molar-refractivity contribution in [3.63, 3.8) is 0 Å². The molecule has 5 fully saturated rings. The first-order chi connectivity index (χ1) is 12.4. The zero-order chi connectivity index (χ0) is 18.4. The second-order valence-electron chi connectivity index (χ2n) is 10.4. The molecule has 1 N–H and O–H groups in total. The van der Waals surface area contributed by atoms with Gasteiger partial charge in [0.25, 0.3) is 0 Å². The van der Waals surface area contributed by atoms with Crippen molar-refractivity contribution in [2.24, 2.45) is 22.2 Å². The molecule has 2 unspecified atom stereocenters. The van der Waals surface area contributed by atoms with E-state index in [1.807, 2.05) is 0 Å². The van der Waals surface area contributed by atoms with Crippen molar-refractivity contribution >= 4 is 5.91 Å². The Balaban J connectivity index is 1.35. The standard InChI is InChI=1S/C21H36N2O3/c1-19-11-17-12-20(2,14-19)16-21(13-17,15-19)18(25)23-5-3-22(4-6-23)7-9-26-10-8-24/h17,24H,3-16H2,1-2H3. The van der Waals surface area contributed by atoms with E-state index in [1.165, 1.54) is 19.3 Å². The number of hydrogen-bond acceptors (Lipinski definition) is 4. The first-order valence-corrected chi connectivity index (χ1v) is 10.6. The minimum Gasteiger partial charge on any atom is -0.394 e. The highest BCUT2D eigenvalue weighted by Crippen LogP contribution is 2.69. The minimum absolute atomic E-state index is 0.0602. The number of rotatable bonds is 6. The molecule has 2 atom stereocenters. The van der Waals surface area contributed by atoms with Crippen LogP contribution in [0.4, 0.5) is 0 Å². The van der Waals surface area contributed by atoms with Crippen LogP contribution in [-0.2, 0) is 9.53 Å². The number of ether oxygens (including phenoxy) is 1. The van der Waals surface area contributed by atoms with Gasteiger partial charge in [-0.1, -0.05) is 13.8 Å². The third-order valence-electron chi connectivity index (χ3n) is 7.53. The lowest BCUT2D eigenvalue weighted by Gasteiger charge is -2.65. The third-order valence-corrected chi connectivity index (χ3v) is 7.53. The van der Waals surface area contributed by atoms with Gasteiger partial charge in [0.1, 0.15) is 0 Å². The number of carbonyl (C=O) groups is 1. The zero-order valence-corrected chi connectivity index (χ0v) is 16.6. The highest BCUT2D eigenvalue weighted by molar-refractivity contribution is 5.83. The molecule has 5 rings (SSSR count). The van der Waals surface area contributed by atoms with Gasteiger partial charge in [-0.2, -0.15) is 0 Å². The van der Waals surface area contributed by atoms with Gasteiger partial charge in [-0.15, -0.1) is 0 Å². The molecular weight excluding hydrogens is 328 g/mol. The summed E-state index contributed by atoms with van der Waals surface area (Å²) in [5, 5.41) is 8.77. The molecule has 0 spiro atoms. The first-order valence-electron chi connectivity index (χ1n) is 10.6. The molecule has 0 aromatic carbocycles. The maximum atomic E-state index is 13.6. The Kier molecular flexibility index (Phi) is 4.85. The zero-order valence-electron chi connectivity index (χ0n) is 16.6. The first kappa shape index (κ1) is 18.7. The highest BCUT2D eigenvalue weighted by Gasteiger charge is 2.63. The Morgan fingerprint density at radius 2 is 1.65 bits per heavy atom. The summed E-state index contributed by atoms with van der Waals surface area (Å²) in [6, 6.07) is 0. The Morgan fingerprint density at radius 3 is 2.23 bits per heavy atom. The van der Waals surface area contributed by atoms with Gasteiger partial charge in [0.05, 0.1) is 25.2 Å². The molecule has 5 aliphatic rings. The van der Waals surface area contributed by atoms with Gasteiger partial charge in [-0.25, -0.2) is 0 Å². The van der Waals surface area contributed by atoms with E-state index in [0.29, 0.717) is 30.0 Å². The van der Waals surface area contributed by atoms with Gasteiger partial charge in [0.15, 0.2) is 0 Å². The fourth-order valence-electron chi connectivity index (χ4n) is 7.56. The van der Waals surface area contributed by atoms with Crippen LogP contribution >= 0.6 is 0 Å². The molecule has 4 aliphatic carbocycles. The lowest BCUT2D eigenvalue weighted by Crippen LogP contribution is -2.62. The van der Waals surface area contributed by atoms with E-state index in [4.69, 9.17) is 9.84 Å². The minimum atomic E-state index is -0.0602. The summed E-state index contributed by atoms with van der Waals surface area (Å²) in [5.74, 6) is 1.24. The molecule has 1 aliphatic heterocycles. The van der Waals surface area contributed by atoms with Gasteiger partial charge in [0.2, 0.25) is 5.91 Å². The van der Waals surface area contributed by atoms with Crippen LogP contribution in [0.3, 0.4) is 0 Å². The highest BCUT2D eigenvalue weighted by atomic mass is 16.5. The Bertz CT molecular complexity index is 525. The van der Waals surface area contributed by atoms with Crippen LogP contribution in [0.25, 0.3) is 0 Å². The molecule has 0 aromatic heterocycles. The number of aliphatic hydroxyl groups is 1. The lowest BCUT2D eigenvalue weighted by molar-refractivity contribution is -0.180. The number of aliphatic hydroxyl groups excluding tert-OH is 1. The van der Waals surface area contributed by atoms with Crippen molar-refractivity contribution in [2.45, 2.75) is 52.4 Å². The molecule has 0 aromatic rings. The van der Waals surface area contributed by atoms with E-state index in [0.717, 1.165) is 57.9 Å². The van der Waals surface area contributed by atoms with Crippen molar-refractivity contribution in [2.75, 3.05) is 52.5 Å². The molecule has 1 saturated heterocycles. The summed E-state index contributed by atoms with van der Waals surface area (Å²) < 4.78 is 5.37. The molecule has 5 nitrogen and oxygen atoms in total. The van der Waals surface area contributed by atoms with Crippen LogP contribution < -0.4 is 0 Å². The van der Waals surface area contributed by atoms with E-state index in [2.05, 4.69) is 23.6 Å². The number of amides is 1. The van der Waals surface area contributed by atoms with Crippen LogP contribution in [0, 0.1) is 22.2 Å². The van der Waals surface area contributed by atoms with Crippen molar-refractivity contribution in [3.05, 3.63) is 0 Å². The Labute approximate surface area is 158 Å². The summed E-state index contributed by atoms with van der Waals surface area (Å²) in [6.45, 7) is 10.6. The second kappa shape index (κ2) is 6.75. The van der Waals surface area contributed by atoms with Crippen LogP contribution in [0.5, 0.6) is 0 Å². The summed E-state index contributed by atoms with van der Waals surface area (Å²) in [7, 11) is 0. The molecule has 5 heteroatoms. The molecule has 0 radical (unpaired) electrons. The van der Waals surface area contributed by atoms with Crippen molar-refractivity contribution in [3.8, 4) is 0 Å². The summed E-state index contributed by atoms with van der Waals surface area (Å²) in [5.41, 5.74) is 0.737. The molecule has 4 bridgehead atoms. The molecule has 26 heavy (non-hydrogen) atoms. The second-order valence-corrected chi connectivity index (χ2v) is 10.4. The molecule has 148 valence electrons. The predicted molar refractivity (Wildman–Crippen MR) is 101 cm³/mol. The van der Waals surface area contributed by atoms with Gasteiger partial charge in [0, 0.05) is 32.7 Å². The average Bonchev–Trinajstić information content (AvgIpc) is 2.55. The van der Waals surface area contributed by atoms with E-state index in [9.17, 15) is 4.79 Å². The van der Waals surface area contributed by atoms with E-state index < -0.39 is 0 Å². The molecule has 1 heterocycles. The quantitative estimate of drug-likeness (QED) is 0.734. The van der Waals surface area contributed by atoms with Gasteiger partial charge < -0.3 is 14.7 Å². The average molecular weight is 365 g/mol. The Morgan fingerprint density at radius 1 is 1.00 bits per heavy atom. The largest absolute Gasteiger partial charge is 0.394 e. The number of hydrogen-bond donors (Lipinski definition) is 1. The Hall–Kier alpha value is -0.650. The maximum absolute atomic E-state index is 13.6. The van der Waals surface area contributed by atoms with Crippen molar-refractivity contribution < 1.29 is 14.6 Å². The summed E-state index contributed by atoms with van der Waals surface area (Å²) in [6.07, 6.45) is 7.41. The van der Waals surface area contributed by atoms with Crippen LogP contribution in [0.1, 0.15) is 52.4 Å². The predicted octanol–water partition coefficient (Wildman–Crippen LogP) is 2.14. The topological polar surface area (TPSA) is 53.0 Å². The molecule has 1 amide bonds. The fourth-order valence-corrected chi connectivity index (χ4v) is 7.56. The lowest BCUT2D eigenvalue weighted by atomic mass is 9.40. The van der Waals surface area contributed by atoms with Gasteiger partial charge in [-0.05, 0) is 55.3 Å². The fraction of sp³-hybridized carbons (Fsp3) is 0.952. The van der Waals surface area contributed by atoms with Crippen LogP contribution in [-0.4, -0.2) is 73.4 Å². The number of piperazine rings is 1. The van der Waals surface area contributed by atoms with Gasteiger partial charge >= 0.3 is 0 Å².